The molecule has 1 aromatic carbocycles. The normalized spacial score (nSPS) is 14.3. The van der Waals surface area contributed by atoms with Gasteiger partial charge in [0.05, 0.1) is 16.8 Å². The highest BCUT2D eigenvalue weighted by atomic mass is 32.1. The van der Waals surface area contributed by atoms with Crippen LogP contribution in [0.3, 0.4) is 0 Å². The highest BCUT2D eigenvalue weighted by Gasteiger charge is 2.25. The molecule has 3 aromatic rings. The molecule has 104 valence electrons. The van der Waals surface area contributed by atoms with Crippen LogP contribution in [0.25, 0.3) is 22.2 Å². The van der Waals surface area contributed by atoms with Crippen LogP contribution in [0.15, 0.2) is 47.2 Å². The predicted molar refractivity (Wildman–Crippen MR) is 85.5 cm³/mol. The summed E-state index contributed by atoms with van der Waals surface area (Å²) in [6.07, 6.45) is 2.18. The molecule has 1 N–H and O–H groups in total. The molecule has 3 nitrogen and oxygen atoms in total. The molecule has 0 aliphatic heterocycles. The van der Waals surface area contributed by atoms with Gasteiger partial charge in [-0.2, -0.15) is 11.3 Å². The average molecular weight is 294 g/mol. The molecule has 1 amide bonds. The summed E-state index contributed by atoms with van der Waals surface area (Å²) in [6.45, 7) is 0. The molecule has 2 aromatic heterocycles. The molecule has 1 aliphatic rings. The molecule has 0 unspecified atom stereocenters. The summed E-state index contributed by atoms with van der Waals surface area (Å²) in [6, 6.07) is 12.1. The third-order valence-electron chi connectivity index (χ3n) is 3.69. The zero-order valence-electron chi connectivity index (χ0n) is 11.4. The highest BCUT2D eigenvalue weighted by molar-refractivity contribution is 7.08. The number of nitrogens with zero attached hydrogens (tertiary/aromatic N) is 1. The smallest absolute Gasteiger partial charge is 0.252 e. The van der Waals surface area contributed by atoms with Gasteiger partial charge < -0.3 is 5.32 Å². The van der Waals surface area contributed by atoms with Gasteiger partial charge in [-0.25, -0.2) is 4.98 Å². The summed E-state index contributed by atoms with van der Waals surface area (Å²) >= 11 is 1.63. The Morgan fingerprint density at radius 3 is 2.86 bits per heavy atom. The van der Waals surface area contributed by atoms with Gasteiger partial charge in [0.1, 0.15) is 0 Å². The number of nitrogens with one attached hydrogen (secondary N) is 1. The minimum atomic E-state index is 0.00702. The van der Waals surface area contributed by atoms with Crippen molar-refractivity contribution in [2.24, 2.45) is 0 Å². The van der Waals surface area contributed by atoms with E-state index in [9.17, 15) is 4.79 Å². The molecule has 4 heteroatoms. The van der Waals surface area contributed by atoms with Gasteiger partial charge in [0.2, 0.25) is 0 Å². The quantitative estimate of drug-likeness (QED) is 0.797. The lowest BCUT2D eigenvalue weighted by atomic mass is 10.0. The first-order chi connectivity index (χ1) is 10.3. The van der Waals surface area contributed by atoms with Crippen molar-refractivity contribution in [1.82, 2.24) is 10.3 Å². The second kappa shape index (κ2) is 4.97. The van der Waals surface area contributed by atoms with E-state index >= 15 is 0 Å². The first-order valence-electron chi connectivity index (χ1n) is 7.04. The molecule has 0 spiro atoms. The summed E-state index contributed by atoms with van der Waals surface area (Å²) in [5, 5.41) is 8.06. The van der Waals surface area contributed by atoms with Crippen molar-refractivity contribution in [3.05, 3.63) is 52.7 Å². The Morgan fingerprint density at radius 1 is 1.24 bits per heavy atom. The number of hydrogen-bond acceptors (Lipinski definition) is 3. The Bertz CT molecular complexity index is 807. The van der Waals surface area contributed by atoms with Crippen molar-refractivity contribution in [2.45, 2.75) is 18.9 Å². The Hall–Kier alpha value is -2.20. The molecule has 0 radical (unpaired) electrons. The SMILES string of the molecule is O=C(NC1CC1)c1cc(-c2ccsc2)nc2ccccc12. The number of thiophene rings is 1. The van der Waals surface area contributed by atoms with E-state index in [1.165, 1.54) is 0 Å². The molecule has 0 atom stereocenters. The average Bonchev–Trinajstić information content (AvgIpc) is 3.16. The number of rotatable bonds is 3. The fourth-order valence-electron chi connectivity index (χ4n) is 2.41. The monoisotopic (exact) mass is 294 g/mol. The number of carbonyl (C=O) groups is 1. The van der Waals surface area contributed by atoms with E-state index in [0.717, 1.165) is 35.0 Å². The number of para-hydroxylation sites is 1. The molecule has 1 fully saturated rings. The minimum Gasteiger partial charge on any atom is -0.349 e. The van der Waals surface area contributed by atoms with E-state index in [1.807, 2.05) is 41.8 Å². The maximum atomic E-state index is 12.5. The van der Waals surface area contributed by atoms with Crippen LogP contribution in [0.4, 0.5) is 0 Å². The maximum absolute atomic E-state index is 12.5. The van der Waals surface area contributed by atoms with Crippen LogP contribution >= 0.6 is 11.3 Å². The van der Waals surface area contributed by atoms with Crippen LogP contribution in [0.5, 0.6) is 0 Å². The maximum Gasteiger partial charge on any atom is 0.252 e. The van der Waals surface area contributed by atoms with E-state index in [-0.39, 0.29) is 5.91 Å². The first kappa shape index (κ1) is 12.5. The molecule has 0 bridgehead atoms. The molecule has 21 heavy (non-hydrogen) atoms. The number of pyridine rings is 1. The van der Waals surface area contributed by atoms with Gasteiger partial charge in [-0.1, -0.05) is 18.2 Å². The van der Waals surface area contributed by atoms with Gasteiger partial charge in [-0.3, -0.25) is 4.79 Å². The van der Waals surface area contributed by atoms with E-state index in [4.69, 9.17) is 0 Å². The van der Waals surface area contributed by atoms with E-state index in [2.05, 4.69) is 15.7 Å². The largest absolute Gasteiger partial charge is 0.349 e. The molecule has 1 saturated carbocycles. The van der Waals surface area contributed by atoms with Crippen LogP contribution in [-0.2, 0) is 0 Å². The van der Waals surface area contributed by atoms with Crippen molar-refractivity contribution in [1.29, 1.82) is 0 Å². The van der Waals surface area contributed by atoms with Gasteiger partial charge in [-0.05, 0) is 36.4 Å². The van der Waals surface area contributed by atoms with Gasteiger partial charge in [0.15, 0.2) is 0 Å². The number of aromatic nitrogens is 1. The Balaban J connectivity index is 1.87. The molecular weight excluding hydrogens is 280 g/mol. The first-order valence-corrected chi connectivity index (χ1v) is 7.99. The van der Waals surface area contributed by atoms with Crippen LogP contribution < -0.4 is 5.32 Å². The van der Waals surface area contributed by atoms with Crippen molar-refractivity contribution in [3.8, 4) is 11.3 Å². The van der Waals surface area contributed by atoms with Gasteiger partial charge in [0.25, 0.3) is 5.91 Å². The Kier molecular flexibility index (Phi) is 2.97. The molecule has 2 heterocycles. The summed E-state index contributed by atoms with van der Waals surface area (Å²) in [5.74, 6) is 0.00702. The van der Waals surface area contributed by atoms with Crippen LogP contribution in [0.2, 0.25) is 0 Å². The van der Waals surface area contributed by atoms with E-state index in [1.54, 1.807) is 11.3 Å². The van der Waals surface area contributed by atoms with E-state index < -0.39 is 0 Å². The molecular formula is C17H14N2OS. The zero-order valence-corrected chi connectivity index (χ0v) is 12.2. The number of carbonyl (C=O) groups excluding carboxylic acids is 1. The number of hydrogen-bond donors (Lipinski definition) is 1. The van der Waals surface area contributed by atoms with Crippen molar-refractivity contribution < 1.29 is 4.79 Å². The van der Waals surface area contributed by atoms with E-state index in [0.29, 0.717) is 11.6 Å². The Morgan fingerprint density at radius 2 is 2.10 bits per heavy atom. The lowest BCUT2D eigenvalue weighted by Gasteiger charge is -2.09. The standard InChI is InChI=1S/C17H14N2OS/c20-17(18-12-5-6-12)14-9-16(11-7-8-21-10-11)19-15-4-2-1-3-13(14)15/h1-4,7-10,12H,5-6H2,(H,18,20). The van der Waals surface area contributed by atoms with Crippen LogP contribution in [-0.4, -0.2) is 16.9 Å². The summed E-state index contributed by atoms with van der Waals surface area (Å²) in [7, 11) is 0. The zero-order chi connectivity index (χ0) is 14.2. The fourth-order valence-corrected chi connectivity index (χ4v) is 3.06. The predicted octanol–water partition coefficient (Wildman–Crippen LogP) is 3.86. The van der Waals surface area contributed by atoms with Gasteiger partial charge >= 0.3 is 0 Å². The van der Waals surface area contributed by atoms with Crippen molar-refractivity contribution in [2.75, 3.05) is 0 Å². The molecule has 4 rings (SSSR count). The fraction of sp³-hybridized carbons (Fsp3) is 0.176. The van der Waals surface area contributed by atoms with Crippen LogP contribution in [0, 0.1) is 0 Å². The molecule has 0 saturated heterocycles. The number of benzene rings is 1. The summed E-state index contributed by atoms with van der Waals surface area (Å²) in [4.78, 5) is 17.2. The topological polar surface area (TPSA) is 42.0 Å². The number of amides is 1. The lowest BCUT2D eigenvalue weighted by molar-refractivity contribution is 0.0952. The third-order valence-corrected chi connectivity index (χ3v) is 4.37. The second-order valence-electron chi connectivity index (χ2n) is 5.33. The lowest BCUT2D eigenvalue weighted by Crippen LogP contribution is -2.25. The van der Waals surface area contributed by atoms with Gasteiger partial charge in [0, 0.05) is 22.4 Å². The summed E-state index contributed by atoms with van der Waals surface area (Å²) in [5.41, 5.74) is 3.50. The third kappa shape index (κ3) is 2.43. The summed E-state index contributed by atoms with van der Waals surface area (Å²) < 4.78 is 0. The van der Waals surface area contributed by atoms with Crippen molar-refractivity contribution in [3.63, 3.8) is 0 Å². The van der Waals surface area contributed by atoms with Crippen LogP contribution in [0.1, 0.15) is 23.2 Å². The molecule has 1 aliphatic carbocycles. The highest BCUT2D eigenvalue weighted by Crippen LogP contribution is 2.27. The van der Waals surface area contributed by atoms with Crippen molar-refractivity contribution >= 4 is 28.1 Å². The van der Waals surface area contributed by atoms with Gasteiger partial charge in [-0.15, -0.1) is 0 Å². The minimum absolute atomic E-state index is 0.00702. The second-order valence-corrected chi connectivity index (χ2v) is 6.11. The number of fused-ring (bicyclic) bond motifs is 1. The Labute approximate surface area is 126 Å².